The van der Waals surface area contributed by atoms with Crippen molar-refractivity contribution in [2.24, 2.45) is 0 Å². The number of carbonyl (C=O) groups is 1. The minimum atomic E-state index is -0.176. The second-order valence-corrected chi connectivity index (χ2v) is 4.92. The molecule has 0 spiro atoms. The molecule has 1 saturated carbocycles. The van der Waals surface area contributed by atoms with Crippen LogP contribution in [0.2, 0.25) is 0 Å². The fraction of sp³-hybridized carbons (Fsp3) is 0.929. The van der Waals surface area contributed by atoms with Crippen LogP contribution < -0.4 is 5.32 Å². The molecule has 4 heteroatoms. The Kier molecular flexibility index (Phi) is 8.01. The molecule has 1 aliphatic rings. The average molecular weight is 257 g/mol. The van der Waals surface area contributed by atoms with Crippen LogP contribution in [-0.2, 0) is 14.3 Å². The summed E-state index contributed by atoms with van der Waals surface area (Å²) in [6.07, 6.45) is 8.59. The number of carbonyl (C=O) groups excluding carboxylic acids is 1. The van der Waals surface area contributed by atoms with E-state index in [1.807, 2.05) is 6.92 Å². The maximum absolute atomic E-state index is 11.3. The van der Waals surface area contributed by atoms with Gasteiger partial charge in [-0.05, 0) is 32.2 Å². The zero-order valence-corrected chi connectivity index (χ0v) is 11.7. The summed E-state index contributed by atoms with van der Waals surface area (Å²) in [4.78, 5) is 11.3. The van der Waals surface area contributed by atoms with Crippen LogP contribution >= 0.6 is 0 Å². The van der Waals surface area contributed by atoms with Crippen molar-refractivity contribution < 1.29 is 14.3 Å². The number of rotatable bonds is 8. The third kappa shape index (κ3) is 5.83. The highest BCUT2D eigenvalue weighted by molar-refractivity contribution is 5.75. The molecular weight excluding hydrogens is 230 g/mol. The molecule has 0 amide bonds. The SMILES string of the molecule is CCC(NCCCOC1CCCCC1)C(=O)OC. The van der Waals surface area contributed by atoms with E-state index >= 15 is 0 Å². The molecule has 0 aromatic carbocycles. The second-order valence-electron chi connectivity index (χ2n) is 4.92. The highest BCUT2D eigenvalue weighted by atomic mass is 16.5. The van der Waals surface area contributed by atoms with E-state index in [0.29, 0.717) is 6.10 Å². The molecule has 1 atom stereocenters. The smallest absolute Gasteiger partial charge is 0.322 e. The first-order chi connectivity index (χ1) is 8.77. The molecule has 0 heterocycles. The van der Waals surface area contributed by atoms with Crippen LogP contribution in [0, 0.1) is 0 Å². The van der Waals surface area contributed by atoms with Gasteiger partial charge in [0.15, 0.2) is 0 Å². The number of methoxy groups -OCH3 is 1. The van der Waals surface area contributed by atoms with Crippen LogP contribution in [0.15, 0.2) is 0 Å². The molecule has 106 valence electrons. The monoisotopic (exact) mass is 257 g/mol. The Morgan fingerprint density at radius 2 is 2.06 bits per heavy atom. The van der Waals surface area contributed by atoms with Gasteiger partial charge in [0.05, 0.1) is 13.2 Å². The van der Waals surface area contributed by atoms with E-state index in [1.165, 1.54) is 39.2 Å². The van der Waals surface area contributed by atoms with Crippen LogP contribution in [0.5, 0.6) is 0 Å². The van der Waals surface area contributed by atoms with Gasteiger partial charge in [-0.15, -0.1) is 0 Å². The molecule has 1 unspecified atom stereocenters. The molecule has 1 fully saturated rings. The molecule has 0 radical (unpaired) electrons. The van der Waals surface area contributed by atoms with Crippen molar-refractivity contribution in [2.45, 2.75) is 64.0 Å². The van der Waals surface area contributed by atoms with Crippen LogP contribution in [-0.4, -0.2) is 38.4 Å². The van der Waals surface area contributed by atoms with E-state index in [1.54, 1.807) is 0 Å². The minimum Gasteiger partial charge on any atom is -0.468 e. The summed E-state index contributed by atoms with van der Waals surface area (Å²) in [6, 6.07) is -0.176. The Bertz CT molecular complexity index is 227. The number of hydrogen-bond acceptors (Lipinski definition) is 4. The van der Waals surface area contributed by atoms with Gasteiger partial charge in [0, 0.05) is 6.61 Å². The van der Waals surface area contributed by atoms with Crippen molar-refractivity contribution in [3.8, 4) is 0 Å². The van der Waals surface area contributed by atoms with Gasteiger partial charge < -0.3 is 14.8 Å². The zero-order chi connectivity index (χ0) is 13.2. The zero-order valence-electron chi connectivity index (χ0n) is 11.7. The third-order valence-corrected chi connectivity index (χ3v) is 3.51. The highest BCUT2D eigenvalue weighted by Gasteiger charge is 2.16. The predicted octanol–water partition coefficient (Wildman–Crippen LogP) is 2.27. The largest absolute Gasteiger partial charge is 0.468 e. The molecule has 1 rings (SSSR count). The van der Waals surface area contributed by atoms with E-state index in [2.05, 4.69) is 5.32 Å². The number of ether oxygens (including phenoxy) is 2. The first kappa shape index (κ1) is 15.4. The van der Waals surface area contributed by atoms with Gasteiger partial charge in [-0.25, -0.2) is 0 Å². The summed E-state index contributed by atoms with van der Waals surface area (Å²) in [5, 5.41) is 3.20. The van der Waals surface area contributed by atoms with E-state index in [4.69, 9.17) is 9.47 Å². The Hall–Kier alpha value is -0.610. The molecule has 4 nitrogen and oxygen atoms in total. The Balaban J connectivity index is 2.01. The summed E-state index contributed by atoms with van der Waals surface area (Å²) >= 11 is 0. The first-order valence-electron chi connectivity index (χ1n) is 7.20. The molecule has 0 aromatic heterocycles. The molecule has 0 aliphatic heterocycles. The fourth-order valence-corrected chi connectivity index (χ4v) is 2.37. The third-order valence-electron chi connectivity index (χ3n) is 3.51. The molecule has 0 bridgehead atoms. The van der Waals surface area contributed by atoms with Crippen LogP contribution in [0.4, 0.5) is 0 Å². The van der Waals surface area contributed by atoms with Crippen molar-refractivity contribution in [1.82, 2.24) is 5.32 Å². The Morgan fingerprint density at radius 3 is 2.67 bits per heavy atom. The summed E-state index contributed by atoms with van der Waals surface area (Å²) in [7, 11) is 1.43. The Labute approximate surface area is 110 Å². The molecule has 0 aromatic rings. The molecule has 1 N–H and O–H groups in total. The summed E-state index contributed by atoms with van der Waals surface area (Å²) < 4.78 is 10.6. The fourth-order valence-electron chi connectivity index (χ4n) is 2.37. The van der Waals surface area contributed by atoms with Crippen molar-refractivity contribution in [3.63, 3.8) is 0 Å². The quantitative estimate of drug-likeness (QED) is 0.535. The summed E-state index contributed by atoms with van der Waals surface area (Å²) in [5.41, 5.74) is 0. The van der Waals surface area contributed by atoms with Crippen molar-refractivity contribution in [2.75, 3.05) is 20.3 Å². The van der Waals surface area contributed by atoms with Gasteiger partial charge in [-0.2, -0.15) is 0 Å². The Morgan fingerprint density at radius 1 is 1.33 bits per heavy atom. The molecule has 1 aliphatic carbocycles. The topological polar surface area (TPSA) is 47.6 Å². The predicted molar refractivity (Wildman–Crippen MR) is 71.5 cm³/mol. The lowest BCUT2D eigenvalue weighted by Crippen LogP contribution is -2.38. The molecule has 18 heavy (non-hydrogen) atoms. The number of esters is 1. The lowest BCUT2D eigenvalue weighted by molar-refractivity contribution is -0.143. The second kappa shape index (κ2) is 9.34. The van der Waals surface area contributed by atoms with Gasteiger partial charge in [0.2, 0.25) is 0 Å². The minimum absolute atomic E-state index is 0.175. The number of nitrogens with one attached hydrogen (secondary N) is 1. The van der Waals surface area contributed by atoms with Gasteiger partial charge >= 0.3 is 5.97 Å². The maximum Gasteiger partial charge on any atom is 0.322 e. The summed E-state index contributed by atoms with van der Waals surface area (Å²) in [6.45, 7) is 3.57. The van der Waals surface area contributed by atoms with E-state index in [-0.39, 0.29) is 12.0 Å². The van der Waals surface area contributed by atoms with Crippen molar-refractivity contribution >= 4 is 5.97 Å². The van der Waals surface area contributed by atoms with Crippen LogP contribution in [0.1, 0.15) is 51.9 Å². The van der Waals surface area contributed by atoms with Crippen LogP contribution in [0.3, 0.4) is 0 Å². The van der Waals surface area contributed by atoms with E-state index < -0.39 is 0 Å². The van der Waals surface area contributed by atoms with Gasteiger partial charge in [0.25, 0.3) is 0 Å². The van der Waals surface area contributed by atoms with Gasteiger partial charge in [-0.3, -0.25) is 4.79 Å². The van der Waals surface area contributed by atoms with Gasteiger partial charge in [-0.1, -0.05) is 26.2 Å². The maximum atomic E-state index is 11.3. The summed E-state index contributed by atoms with van der Waals surface area (Å²) in [5.74, 6) is -0.175. The first-order valence-corrected chi connectivity index (χ1v) is 7.20. The number of hydrogen-bond donors (Lipinski definition) is 1. The van der Waals surface area contributed by atoms with Gasteiger partial charge in [0.1, 0.15) is 6.04 Å². The highest BCUT2D eigenvalue weighted by Crippen LogP contribution is 2.20. The average Bonchev–Trinajstić information content (AvgIpc) is 2.43. The van der Waals surface area contributed by atoms with Crippen LogP contribution in [0.25, 0.3) is 0 Å². The van der Waals surface area contributed by atoms with Crippen molar-refractivity contribution in [3.05, 3.63) is 0 Å². The molecular formula is C14H27NO3. The lowest BCUT2D eigenvalue weighted by Gasteiger charge is -2.22. The van der Waals surface area contributed by atoms with E-state index in [9.17, 15) is 4.79 Å². The lowest BCUT2D eigenvalue weighted by atomic mass is 9.98. The molecule has 0 saturated heterocycles. The standard InChI is InChI=1S/C14H27NO3/c1-3-13(14(16)17-2)15-10-7-11-18-12-8-5-4-6-9-12/h12-13,15H,3-11H2,1-2H3. The van der Waals surface area contributed by atoms with Crippen molar-refractivity contribution in [1.29, 1.82) is 0 Å². The van der Waals surface area contributed by atoms with E-state index in [0.717, 1.165) is 26.0 Å². The normalized spacial score (nSPS) is 18.6.